The summed E-state index contributed by atoms with van der Waals surface area (Å²) < 4.78 is 2.91. The van der Waals surface area contributed by atoms with Crippen LogP contribution in [0.1, 0.15) is 23.0 Å². The molecule has 0 aliphatic carbocycles. The number of benzene rings is 2. The van der Waals surface area contributed by atoms with Crippen molar-refractivity contribution in [2.45, 2.75) is 13.5 Å². The first-order valence-corrected chi connectivity index (χ1v) is 9.05. The zero-order valence-electron chi connectivity index (χ0n) is 13.6. The standard InChI is InChI=1S/C20H16BrClN2O/c1-2-24-18(11-12-20(25)15-5-9-17(22)10-6-15)13-19(23-24)14-3-7-16(21)8-4-14/h3-13H,2H2,1H3/b12-11-. The van der Waals surface area contributed by atoms with Gasteiger partial charge in [-0.25, -0.2) is 0 Å². The van der Waals surface area contributed by atoms with Crippen molar-refractivity contribution in [1.29, 1.82) is 0 Å². The molecule has 0 atom stereocenters. The third kappa shape index (κ3) is 4.27. The van der Waals surface area contributed by atoms with Gasteiger partial charge in [-0.3, -0.25) is 9.48 Å². The first-order chi connectivity index (χ1) is 12.1. The van der Waals surface area contributed by atoms with Crippen LogP contribution in [0.25, 0.3) is 17.3 Å². The van der Waals surface area contributed by atoms with Gasteiger partial charge in [0.2, 0.25) is 0 Å². The molecule has 2 aromatic carbocycles. The molecule has 0 aliphatic heterocycles. The summed E-state index contributed by atoms with van der Waals surface area (Å²) in [6.07, 6.45) is 3.37. The first kappa shape index (κ1) is 17.6. The molecule has 0 aliphatic rings. The molecule has 126 valence electrons. The molecular formula is C20H16BrClN2O. The van der Waals surface area contributed by atoms with E-state index in [1.165, 1.54) is 0 Å². The molecule has 1 heterocycles. The normalized spacial score (nSPS) is 11.2. The van der Waals surface area contributed by atoms with E-state index in [1.807, 2.05) is 41.9 Å². The van der Waals surface area contributed by atoms with Crippen LogP contribution in [0.15, 0.2) is 65.1 Å². The van der Waals surface area contributed by atoms with Crippen LogP contribution in [-0.2, 0) is 6.54 Å². The second kappa shape index (κ2) is 7.81. The third-order valence-electron chi connectivity index (χ3n) is 3.78. The summed E-state index contributed by atoms with van der Waals surface area (Å²) in [6, 6.07) is 16.9. The number of hydrogen-bond acceptors (Lipinski definition) is 2. The van der Waals surface area contributed by atoms with Gasteiger partial charge in [-0.2, -0.15) is 5.10 Å². The van der Waals surface area contributed by atoms with Crippen LogP contribution >= 0.6 is 27.5 Å². The summed E-state index contributed by atoms with van der Waals surface area (Å²) in [5, 5.41) is 5.23. The Balaban J connectivity index is 1.85. The van der Waals surface area contributed by atoms with Crippen molar-refractivity contribution in [2.75, 3.05) is 0 Å². The summed E-state index contributed by atoms with van der Waals surface area (Å²) in [5.41, 5.74) is 3.42. The van der Waals surface area contributed by atoms with Crippen molar-refractivity contribution >= 4 is 39.4 Å². The summed E-state index contributed by atoms with van der Waals surface area (Å²) >= 11 is 9.29. The average Bonchev–Trinajstić information content (AvgIpc) is 3.04. The first-order valence-electron chi connectivity index (χ1n) is 7.88. The minimum atomic E-state index is -0.0642. The van der Waals surface area contributed by atoms with E-state index in [2.05, 4.69) is 21.0 Å². The van der Waals surface area contributed by atoms with Gasteiger partial charge in [0.25, 0.3) is 0 Å². The Hall–Kier alpha value is -2.17. The molecule has 0 N–H and O–H groups in total. The molecule has 0 amide bonds. The summed E-state index contributed by atoms with van der Waals surface area (Å²) in [7, 11) is 0. The van der Waals surface area contributed by atoms with Crippen LogP contribution in [0, 0.1) is 0 Å². The van der Waals surface area contributed by atoms with E-state index in [-0.39, 0.29) is 5.78 Å². The van der Waals surface area contributed by atoms with E-state index >= 15 is 0 Å². The predicted octanol–water partition coefficient (Wildman–Crippen LogP) is 5.88. The van der Waals surface area contributed by atoms with Crippen LogP contribution < -0.4 is 0 Å². The second-order valence-corrected chi connectivity index (χ2v) is 6.83. The van der Waals surface area contributed by atoms with Gasteiger partial charge in [0.1, 0.15) is 0 Å². The van der Waals surface area contributed by atoms with Gasteiger partial charge in [0.15, 0.2) is 5.78 Å². The smallest absolute Gasteiger partial charge is 0.185 e. The molecule has 0 spiro atoms. The number of aryl methyl sites for hydroxylation is 1. The largest absolute Gasteiger partial charge is 0.289 e. The van der Waals surface area contributed by atoms with Crippen LogP contribution in [0.2, 0.25) is 5.02 Å². The fourth-order valence-electron chi connectivity index (χ4n) is 2.45. The van der Waals surface area contributed by atoms with E-state index in [4.69, 9.17) is 11.6 Å². The number of aromatic nitrogens is 2. The lowest BCUT2D eigenvalue weighted by Gasteiger charge is -1.99. The van der Waals surface area contributed by atoms with Crippen molar-refractivity contribution in [2.24, 2.45) is 0 Å². The maximum atomic E-state index is 12.3. The van der Waals surface area contributed by atoms with Crippen LogP contribution in [-0.4, -0.2) is 15.6 Å². The molecule has 0 bridgehead atoms. The van der Waals surface area contributed by atoms with Gasteiger partial charge in [0, 0.05) is 27.2 Å². The predicted molar refractivity (Wildman–Crippen MR) is 106 cm³/mol. The third-order valence-corrected chi connectivity index (χ3v) is 4.57. The molecule has 0 fully saturated rings. The monoisotopic (exact) mass is 414 g/mol. The number of carbonyl (C=O) groups is 1. The molecule has 1 aromatic heterocycles. The maximum Gasteiger partial charge on any atom is 0.185 e. The zero-order valence-corrected chi connectivity index (χ0v) is 16.0. The minimum absolute atomic E-state index is 0.0642. The number of hydrogen-bond donors (Lipinski definition) is 0. The van der Waals surface area contributed by atoms with Crippen molar-refractivity contribution in [3.63, 3.8) is 0 Å². The SMILES string of the molecule is CCn1nc(-c2ccc(Br)cc2)cc1/C=C\C(=O)c1ccc(Cl)cc1. The summed E-state index contributed by atoms with van der Waals surface area (Å²) in [6.45, 7) is 2.75. The van der Waals surface area contributed by atoms with Gasteiger partial charge < -0.3 is 0 Å². The van der Waals surface area contributed by atoms with Crippen molar-refractivity contribution in [3.05, 3.63) is 81.4 Å². The van der Waals surface area contributed by atoms with Gasteiger partial charge in [-0.15, -0.1) is 0 Å². The summed E-state index contributed by atoms with van der Waals surface area (Å²) in [4.78, 5) is 12.3. The highest BCUT2D eigenvalue weighted by Crippen LogP contribution is 2.22. The maximum absolute atomic E-state index is 12.3. The Bertz CT molecular complexity index is 912. The minimum Gasteiger partial charge on any atom is -0.289 e. The van der Waals surface area contributed by atoms with Crippen LogP contribution in [0.5, 0.6) is 0 Å². The molecule has 3 rings (SSSR count). The number of carbonyl (C=O) groups excluding carboxylic acids is 1. The Morgan fingerprint density at radius 3 is 2.48 bits per heavy atom. The zero-order chi connectivity index (χ0) is 17.8. The summed E-state index contributed by atoms with van der Waals surface area (Å²) in [5.74, 6) is -0.0642. The number of ketones is 1. The lowest BCUT2D eigenvalue weighted by Crippen LogP contribution is -1.99. The lowest BCUT2D eigenvalue weighted by molar-refractivity contribution is 0.104. The Morgan fingerprint density at radius 1 is 1.16 bits per heavy atom. The van der Waals surface area contributed by atoms with E-state index in [9.17, 15) is 4.79 Å². The van der Waals surface area contributed by atoms with E-state index < -0.39 is 0 Å². The molecule has 0 saturated carbocycles. The Morgan fingerprint density at radius 2 is 1.84 bits per heavy atom. The number of allylic oxidation sites excluding steroid dienone is 1. The van der Waals surface area contributed by atoms with E-state index in [1.54, 1.807) is 36.4 Å². The van der Waals surface area contributed by atoms with Crippen LogP contribution in [0.3, 0.4) is 0 Å². The quantitative estimate of drug-likeness (QED) is 0.385. The van der Waals surface area contributed by atoms with Gasteiger partial charge >= 0.3 is 0 Å². The Labute approximate surface area is 160 Å². The van der Waals surface area contributed by atoms with Gasteiger partial charge in [0.05, 0.1) is 11.4 Å². The molecule has 5 heteroatoms. The Kier molecular flexibility index (Phi) is 5.51. The molecule has 3 aromatic rings. The van der Waals surface area contributed by atoms with Crippen molar-refractivity contribution < 1.29 is 4.79 Å². The van der Waals surface area contributed by atoms with Gasteiger partial charge in [-0.1, -0.05) is 39.7 Å². The van der Waals surface area contributed by atoms with Gasteiger partial charge in [-0.05, 0) is 61.5 Å². The highest BCUT2D eigenvalue weighted by molar-refractivity contribution is 9.10. The molecule has 25 heavy (non-hydrogen) atoms. The molecular weight excluding hydrogens is 400 g/mol. The number of rotatable bonds is 5. The van der Waals surface area contributed by atoms with Crippen molar-refractivity contribution in [1.82, 2.24) is 9.78 Å². The molecule has 0 saturated heterocycles. The number of halogens is 2. The highest BCUT2D eigenvalue weighted by atomic mass is 79.9. The van der Waals surface area contributed by atoms with E-state index in [0.717, 1.165) is 28.0 Å². The average molecular weight is 416 g/mol. The second-order valence-electron chi connectivity index (χ2n) is 5.48. The van der Waals surface area contributed by atoms with Crippen molar-refractivity contribution in [3.8, 4) is 11.3 Å². The molecule has 0 unspecified atom stereocenters. The fraction of sp³-hybridized carbons (Fsp3) is 0.100. The van der Waals surface area contributed by atoms with Crippen LogP contribution in [0.4, 0.5) is 0 Å². The highest BCUT2D eigenvalue weighted by Gasteiger charge is 2.08. The topological polar surface area (TPSA) is 34.9 Å². The molecule has 3 nitrogen and oxygen atoms in total. The lowest BCUT2D eigenvalue weighted by atomic mass is 10.1. The molecule has 0 radical (unpaired) electrons. The fourth-order valence-corrected chi connectivity index (χ4v) is 2.84. The number of nitrogens with zero attached hydrogens (tertiary/aromatic N) is 2. The van der Waals surface area contributed by atoms with E-state index in [0.29, 0.717) is 10.6 Å².